The minimum absolute atomic E-state index is 0.00969. The first-order valence-corrected chi connectivity index (χ1v) is 12.3. The molecule has 35 heavy (non-hydrogen) atoms. The number of rotatable bonds is 7. The number of likely N-dealkylation sites (tertiary alicyclic amines) is 1. The van der Waals surface area contributed by atoms with Crippen molar-refractivity contribution in [2.45, 2.75) is 45.2 Å². The molecule has 8 nitrogen and oxygen atoms in total. The molecule has 0 saturated carbocycles. The van der Waals surface area contributed by atoms with Gasteiger partial charge in [0.25, 0.3) is 5.91 Å². The highest BCUT2D eigenvalue weighted by Gasteiger charge is 2.31. The van der Waals surface area contributed by atoms with Crippen molar-refractivity contribution in [1.82, 2.24) is 24.9 Å². The summed E-state index contributed by atoms with van der Waals surface area (Å²) in [7, 11) is 1.84. The molecule has 1 atom stereocenters. The van der Waals surface area contributed by atoms with E-state index < -0.39 is 5.66 Å². The monoisotopic (exact) mass is 474 g/mol. The topological polar surface area (TPSA) is 97.4 Å². The number of aromatic hydroxyl groups is 1. The van der Waals surface area contributed by atoms with Crippen molar-refractivity contribution in [3.05, 3.63) is 59.4 Å². The molecule has 0 aliphatic carbocycles. The van der Waals surface area contributed by atoms with Gasteiger partial charge in [0.1, 0.15) is 0 Å². The summed E-state index contributed by atoms with van der Waals surface area (Å²) in [6, 6.07) is 7.46. The predicted octanol–water partition coefficient (Wildman–Crippen LogP) is 3.49. The number of amides is 1. The number of dihydropyridines is 1. The maximum Gasteiger partial charge on any atom is 0.255 e. The Morgan fingerprint density at radius 1 is 1.29 bits per heavy atom. The van der Waals surface area contributed by atoms with Crippen LogP contribution in [0.1, 0.15) is 43.7 Å². The standard InChI is InChI=1S/C27H34N6O2/c1-20-16-21(17-28)8-9-23(20)24-19-30-33(26(24)35)27(2)11-10-22(18-29-27)25(34)31(3)12-7-15-32-13-5-4-6-14-32/h8-11,16,18-19,29,35H,4-7,12-15H2,1-3H3. The molecule has 3 heterocycles. The van der Waals surface area contributed by atoms with Crippen molar-refractivity contribution >= 4 is 5.91 Å². The molecule has 1 aromatic carbocycles. The van der Waals surface area contributed by atoms with Crippen LogP contribution in [0.25, 0.3) is 11.1 Å². The summed E-state index contributed by atoms with van der Waals surface area (Å²) < 4.78 is 1.50. The Labute approximate surface area is 207 Å². The normalized spacial score (nSPS) is 20.1. The van der Waals surface area contributed by atoms with Gasteiger partial charge in [-0.3, -0.25) is 4.79 Å². The number of likely N-dealkylation sites (N-methyl/N-ethyl adjacent to an activating group) is 1. The highest BCUT2D eigenvalue weighted by atomic mass is 16.3. The van der Waals surface area contributed by atoms with Gasteiger partial charge in [-0.05, 0) is 88.2 Å². The summed E-state index contributed by atoms with van der Waals surface area (Å²) in [6.07, 6.45) is 11.8. The van der Waals surface area contributed by atoms with Crippen molar-refractivity contribution in [3.8, 4) is 23.1 Å². The number of hydrogen-bond donors (Lipinski definition) is 2. The molecule has 1 fully saturated rings. The van der Waals surface area contributed by atoms with Crippen molar-refractivity contribution in [2.24, 2.45) is 0 Å². The molecule has 1 amide bonds. The second-order valence-electron chi connectivity index (χ2n) is 9.64. The zero-order chi connectivity index (χ0) is 25.0. The van der Waals surface area contributed by atoms with E-state index in [1.54, 1.807) is 35.5 Å². The van der Waals surface area contributed by atoms with E-state index in [1.165, 1.54) is 37.0 Å². The van der Waals surface area contributed by atoms with E-state index in [9.17, 15) is 9.90 Å². The first-order valence-electron chi connectivity index (χ1n) is 12.3. The number of piperidine rings is 1. The molecule has 2 aliphatic heterocycles. The first-order chi connectivity index (χ1) is 16.8. The predicted molar refractivity (Wildman–Crippen MR) is 135 cm³/mol. The highest BCUT2D eigenvalue weighted by Crippen LogP contribution is 2.35. The van der Waals surface area contributed by atoms with E-state index in [1.807, 2.05) is 33.0 Å². The number of aryl methyl sites for hydroxylation is 1. The molecule has 1 aromatic heterocycles. The van der Waals surface area contributed by atoms with E-state index in [2.05, 4.69) is 21.4 Å². The van der Waals surface area contributed by atoms with Crippen molar-refractivity contribution in [3.63, 3.8) is 0 Å². The van der Waals surface area contributed by atoms with Gasteiger partial charge in [0.05, 0.1) is 29.0 Å². The van der Waals surface area contributed by atoms with E-state index in [4.69, 9.17) is 5.26 Å². The summed E-state index contributed by atoms with van der Waals surface area (Å²) in [6.45, 7) is 7.86. The average molecular weight is 475 g/mol. The Morgan fingerprint density at radius 2 is 2.06 bits per heavy atom. The molecule has 184 valence electrons. The number of nitrogens with one attached hydrogen (secondary N) is 1. The minimum Gasteiger partial charge on any atom is -0.493 e. The van der Waals surface area contributed by atoms with Gasteiger partial charge in [0, 0.05) is 19.8 Å². The third-order valence-electron chi connectivity index (χ3n) is 6.95. The van der Waals surface area contributed by atoms with Crippen molar-refractivity contribution in [2.75, 3.05) is 33.2 Å². The number of aromatic nitrogens is 2. The lowest BCUT2D eigenvalue weighted by Gasteiger charge is -2.31. The van der Waals surface area contributed by atoms with Crippen LogP contribution in [0.4, 0.5) is 0 Å². The Kier molecular flexibility index (Phi) is 7.27. The summed E-state index contributed by atoms with van der Waals surface area (Å²) in [5.74, 6) is -0.0245. The van der Waals surface area contributed by atoms with Gasteiger partial charge >= 0.3 is 0 Å². The molecule has 0 spiro atoms. The third kappa shape index (κ3) is 5.25. The molecular formula is C27H34N6O2. The lowest BCUT2D eigenvalue weighted by Crippen LogP contribution is -2.43. The maximum absolute atomic E-state index is 12.9. The zero-order valence-corrected chi connectivity index (χ0v) is 20.8. The Balaban J connectivity index is 1.40. The second-order valence-corrected chi connectivity index (χ2v) is 9.64. The summed E-state index contributed by atoms with van der Waals surface area (Å²) in [5.41, 5.74) is 2.58. The molecule has 0 bridgehead atoms. The van der Waals surface area contributed by atoms with Crippen LogP contribution in [0, 0.1) is 18.3 Å². The Hall–Kier alpha value is -3.57. The van der Waals surface area contributed by atoms with E-state index in [0.717, 1.165) is 24.1 Å². The zero-order valence-electron chi connectivity index (χ0n) is 20.8. The molecule has 1 saturated heterocycles. The average Bonchev–Trinajstić information content (AvgIpc) is 3.26. The smallest absolute Gasteiger partial charge is 0.255 e. The number of hydrogen-bond acceptors (Lipinski definition) is 6. The Morgan fingerprint density at radius 3 is 2.71 bits per heavy atom. The first kappa shape index (κ1) is 24.6. The third-order valence-corrected chi connectivity index (χ3v) is 6.95. The van der Waals surface area contributed by atoms with Crippen LogP contribution in [0.2, 0.25) is 0 Å². The number of carbonyl (C=O) groups is 1. The molecule has 0 radical (unpaired) electrons. The van der Waals surface area contributed by atoms with E-state index >= 15 is 0 Å². The number of nitrogens with zero attached hydrogens (tertiary/aromatic N) is 5. The quantitative estimate of drug-likeness (QED) is 0.638. The van der Waals surface area contributed by atoms with Crippen LogP contribution in [-0.4, -0.2) is 63.8 Å². The number of nitriles is 1. The van der Waals surface area contributed by atoms with Crippen molar-refractivity contribution in [1.29, 1.82) is 5.26 Å². The van der Waals surface area contributed by atoms with Gasteiger partial charge in [-0.25, -0.2) is 4.68 Å². The van der Waals surface area contributed by atoms with Crippen LogP contribution < -0.4 is 5.32 Å². The Bertz CT molecular complexity index is 1180. The molecular weight excluding hydrogens is 440 g/mol. The van der Waals surface area contributed by atoms with Crippen LogP contribution >= 0.6 is 0 Å². The van der Waals surface area contributed by atoms with Gasteiger partial charge in [-0.2, -0.15) is 10.4 Å². The minimum atomic E-state index is -0.834. The largest absolute Gasteiger partial charge is 0.493 e. The van der Waals surface area contributed by atoms with Gasteiger partial charge in [0.2, 0.25) is 5.88 Å². The van der Waals surface area contributed by atoms with Gasteiger partial charge < -0.3 is 20.2 Å². The molecule has 2 aliphatic rings. The van der Waals surface area contributed by atoms with Gasteiger partial charge in [0.15, 0.2) is 5.66 Å². The van der Waals surface area contributed by atoms with Crippen LogP contribution in [0.5, 0.6) is 5.88 Å². The van der Waals surface area contributed by atoms with Crippen LogP contribution in [0.3, 0.4) is 0 Å². The molecule has 1 unspecified atom stereocenters. The fourth-order valence-corrected chi connectivity index (χ4v) is 4.78. The summed E-state index contributed by atoms with van der Waals surface area (Å²) in [5, 5.41) is 27.7. The number of benzene rings is 1. The van der Waals surface area contributed by atoms with E-state index in [0.29, 0.717) is 23.2 Å². The molecule has 8 heteroatoms. The summed E-state index contributed by atoms with van der Waals surface area (Å²) >= 11 is 0. The van der Waals surface area contributed by atoms with Crippen LogP contribution in [-0.2, 0) is 10.5 Å². The van der Waals surface area contributed by atoms with Gasteiger partial charge in [-0.15, -0.1) is 0 Å². The highest BCUT2D eigenvalue weighted by molar-refractivity contribution is 5.96. The SMILES string of the molecule is Cc1cc(C#N)ccc1-c1cnn(C2(C)C=CC(C(=O)N(C)CCCN3CCCCC3)=CN2)c1O. The second kappa shape index (κ2) is 10.4. The fraction of sp³-hybridized carbons (Fsp3) is 0.444. The maximum atomic E-state index is 12.9. The molecule has 4 rings (SSSR count). The van der Waals surface area contributed by atoms with Crippen LogP contribution in [0.15, 0.2) is 48.3 Å². The number of carbonyl (C=O) groups excluding carboxylic acids is 1. The van der Waals surface area contributed by atoms with Crippen molar-refractivity contribution < 1.29 is 9.90 Å². The summed E-state index contributed by atoms with van der Waals surface area (Å²) in [4.78, 5) is 17.2. The van der Waals surface area contributed by atoms with Gasteiger partial charge in [-0.1, -0.05) is 12.5 Å². The molecule has 2 aromatic rings. The fourth-order valence-electron chi connectivity index (χ4n) is 4.78. The lowest BCUT2D eigenvalue weighted by molar-refractivity contribution is -0.125. The molecule has 2 N–H and O–H groups in total. The van der Waals surface area contributed by atoms with E-state index in [-0.39, 0.29) is 11.8 Å². The lowest BCUT2D eigenvalue weighted by atomic mass is 10.0.